The number of benzene rings is 2. The molecular weight excluding hydrogens is 429 g/mol. The van der Waals surface area contributed by atoms with Crippen LogP contribution in [-0.2, 0) is 16.8 Å². The van der Waals surface area contributed by atoms with Crippen LogP contribution in [0.1, 0.15) is 23.7 Å². The molecule has 30 heavy (non-hydrogen) atoms. The normalized spacial score (nSPS) is 21.5. The zero-order chi connectivity index (χ0) is 21.8. The highest BCUT2D eigenvalue weighted by atomic mass is 35.5. The molecule has 0 fully saturated rings. The maximum atomic E-state index is 13.9. The number of carbonyl (C=O) groups excluding carboxylic acids is 1. The zero-order valence-corrected chi connectivity index (χ0v) is 16.2. The SMILES string of the molecule is C[C@]1(c2cc(Cl)ccc2NC=O)N[C@H](C(F)(F)F)Cc2c1[nH]c1cc(F)c(F)cc21. The lowest BCUT2D eigenvalue weighted by molar-refractivity contribution is -0.161. The summed E-state index contributed by atoms with van der Waals surface area (Å²) in [5, 5.41) is 5.48. The third-order valence-electron chi connectivity index (χ3n) is 5.45. The topological polar surface area (TPSA) is 56.9 Å². The lowest BCUT2D eigenvalue weighted by Crippen LogP contribution is -2.57. The predicted molar refractivity (Wildman–Crippen MR) is 102 cm³/mol. The van der Waals surface area contributed by atoms with E-state index in [2.05, 4.69) is 15.6 Å². The number of hydrogen-bond donors (Lipinski definition) is 3. The van der Waals surface area contributed by atoms with Crippen molar-refractivity contribution < 1.29 is 26.7 Å². The van der Waals surface area contributed by atoms with Crippen LogP contribution in [0.5, 0.6) is 0 Å². The average Bonchev–Trinajstić information content (AvgIpc) is 3.01. The van der Waals surface area contributed by atoms with Gasteiger partial charge in [0.15, 0.2) is 11.6 Å². The Balaban J connectivity index is 2.03. The quantitative estimate of drug-likeness (QED) is 0.394. The molecule has 2 atom stereocenters. The molecular formula is C20H15ClF5N3O. The van der Waals surface area contributed by atoms with Gasteiger partial charge in [0.05, 0.1) is 5.54 Å². The first-order valence-corrected chi connectivity index (χ1v) is 9.27. The third kappa shape index (κ3) is 3.22. The van der Waals surface area contributed by atoms with E-state index in [1.165, 1.54) is 25.1 Å². The fraction of sp³-hybridized carbons (Fsp3) is 0.250. The van der Waals surface area contributed by atoms with E-state index in [1.54, 1.807) is 0 Å². The number of fused-ring (bicyclic) bond motifs is 3. The lowest BCUT2D eigenvalue weighted by Gasteiger charge is -2.41. The number of carbonyl (C=O) groups is 1. The number of aromatic amines is 1. The second kappa shape index (κ2) is 6.95. The van der Waals surface area contributed by atoms with Crippen molar-refractivity contribution in [1.29, 1.82) is 0 Å². The van der Waals surface area contributed by atoms with Crippen LogP contribution in [0, 0.1) is 11.6 Å². The highest BCUT2D eigenvalue weighted by molar-refractivity contribution is 6.30. The Hall–Kier alpha value is -2.65. The van der Waals surface area contributed by atoms with Gasteiger partial charge in [-0.3, -0.25) is 10.1 Å². The van der Waals surface area contributed by atoms with Crippen LogP contribution in [0.25, 0.3) is 10.9 Å². The van der Waals surface area contributed by atoms with E-state index in [-0.39, 0.29) is 32.7 Å². The van der Waals surface area contributed by atoms with E-state index < -0.39 is 35.8 Å². The first-order valence-electron chi connectivity index (χ1n) is 8.89. The smallest absolute Gasteiger partial charge is 0.356 e. The van der Waals surface area contributed by atoms with E-state index in [9.17, 15) is 26.7 Å². The number of hydrogen-bond acceptors (Lipinski definition) is 2. The van der Waals surface area contributed by atoms with E-state index >= 15 is 0 Å². The summed E-state index contributed by atoms with van der Waals surface area (Å²) >= 11 is 6.10. The molecule has 0 saturated heterocycles. The molecule has 0 aliphatic carbocycles. The van der Waals surface area contributed by atoms with Crippen molar-refractivity contribution in [3.05, 3.63) is 63.8 Å². The summed E-state index contributed by atoms with van der Waals surface area (Å²) in [5.41, 5.74) is -0.305. The molecule has 0 bridgehead atoms. The van der Waals surface area contributed by atoms with Crippen LogP contribution >= 0.6 is 11.6 Å². The summed E-state index contributed by atoms with van der Waals surface area (Å²) in [4.78, 5) is 14.0. The number of aromatic nitrogens is 1. The number of H-pyrrole nitrogens is 1. The molecule has 10 heteroatoms. The van der Waals surface area contributed by atoms with Gasteiger partial charge in [0.2, 0.25) is 6.41 Å². The second-order valence-corrected chi connectivity index (χ2v) is 7.75. The van der Waals surface area contributed by atoms with Crippen LogP contribution in [0.3, 0.4) is 0 Å². The zero-order valence-electron chi connectivity index (χ0n) is 15.4. The number of halogens is 6. The van der Waals surface area contributed by atoms with E-state index in [1.807, 2.05) is 0 Å². The van der Waals surface area contributed by atoms with Gasteiger partial charge < -0.3 is 10.3 Å². The number of amides is 1. The molecule has 0 unspecified atom stereocenters. The van der Waals surface area contributed by atoms with E-state index in [0.29, 0.717) is 12.1 Å². The Labute approximate surface area is 172 Å². The van der Waals surface area contributed by atoms with Crippen molar-refractivity contribution in [1.82, 2.24) is 10.3 Å². The number of anilines is 1. The minimum Gasteiger partial charge on any atom is -0.356 e. The molecule has 1 amide bonds. The van der Waals surface area contributed by atoms with Crippen LogP contribution in [0.2, 0.25) is 5.02 Å². The summed E-state index contributed by atoms with van der Waals surface area (Å²) in [5.74, 6) is -2.27. The van der Waals surface area contributed by atoms with Gasteiger partial charge in [0.25, 0.3) is 0 Å². The minimum absolute atomic E-state index is 0.165. The standard InChI is InChI=1S/C20H15ClF5N3O/c1-19(12-4-9(21)2-3-15(12)27-8-30)18-11(6-17(29-19)20(24,25)26)10-5-13(22)14(23)7-16(10)28-18/h2-5,7-8,17,28-29H,6H2,1H3,(H,27,30)/t17-,19+/m0/s1. The largest absolute Gasteiger partial charge is 0.404 e. The van der Waals surface area contributed by atoms with E-state index in [4.69, 9.17) is 11.6 Å². The number of rotatable bonds is 3. The highest BCUT2D eigenvalue weighted by Crippen LogP contribution is 2.45. The van der Waals surface area contributed by atoms with Crippen LogP contribution in [-0.4, -0.2) is 23.6 Å². The molecule has 1 aromatic heterocycles. The molecule has 2 aromatic carbocycles. The van der Waals surface area contributed by atoms with Gasteiger partial charge in [-0.15, -0.1) is 0 Å². The van der Waals surface area contributed by atoms with E-state index in [0.717, 1.165) is 12.1 Å². The van der Waals surface area contributed by atoms with Gasteiger partial charge >= 0.3 is 6.18 Å². The fourth-order valence-electron chi connectivity index (χ4n) is 4.09. The van der Waals surface area contributed by atoms with Crippen LogP contribution < -0.4 is 10.6 Å². The van der Waals surface area contributed by atoms with Crippen molar-refractivity contribution in [3.8, 4) is 0 Å². The Morgan fingerprint density at radius 3 is 2.57 bits per heavy atom. The minimum atomic E-state index is -4.61. The Bertz CT molecular complexity index is 1160. The van der Waals surface area contributed by atoms with Crippen LogP contribution in [0.15, 0.2) is 30.3 Å². The first kappa shape index (κ1) is 20.6. The monoisotopic (exact) mass is 443 g/mol. The van der Waals surface area contributed by atoms with Crippen LogP contribution in [0.4, 0.5) is 27.6 Å². The molecule has 1 aliphatic heterocycles. The molecule has 0 spiro atoms. The molecule has 0 saturated carbocycles. The van der Waals surface area contributed by atoms with Crippen molar-refractivity contribution >= 4 is 34.6 Å². The van der Waals surface area contributed by atoms with Gasteiger partial charge in [-0.05, 0) is 43.2 Å². The van der Waals surface area contributed by atoms with Gasteiger partial charge in [-0.2, -0.15) is 13.2 Å². The van der Waals surface area contributed by atoms with Crippen molar-refractivity contribution in [3.63, 3.8) is 0 Å². The van der Waals surface area contributed by atoms with Gasteiger partial charge in [-0.25, -0.2) is 8.78 Å². The first-order chi connectivity index (χ1) is 14.0. The van der Waals surface area contributed by atoms with Gasteiger partial charge in [0, 0.05) is 38.9 Å². The summed E-state index contributed by atoms with van der Waals surface area (Å²) in [6.07, 6.45) is -4.69. The molecule has 3 aromatic rings. The third-order valence-corrected chi connectivity index (χ3v) is 5.68. The molecule has 158 valence electrons. The van der Waals surface area contributed by atoms with Gasteiger partial charge in [-0.1, -0.05) is 11.6 Å². The van der Waals surface area contributed by atoms with Crippen molar-refractivity contribution in [2.24, 2.45) is 0 Å². The Morgan fingerprint density at radius 1 is 1.20 bits per heavy atom. The summed E-state index contributed by atoms with van der Waals surface area (Å²) in [7, 11) is 0. The fourth-order valence-corrected chi connectivity index (χ4v) is 4.26. The average molecular weight is 444 g/mol. The highest BCUT2D eigenvalue weighted by Gasteiger charge is 2.50. The van der Waals surface area contributed by atoms with Crippen molar-refractivity contribution in [2.75, 3.05) is 5.32 Å². The molecule has 4 nitrogen and oxygen atoms in total. The lowest BCUT2D eigenvalue weighted by atomic mass is 9.79. The molecule has 0 radical (unpaired) electrons. The maximum Gasteiger partial charge on any atom is 0.404 e. The number of alkyl halides is 3. The summed E-state index contributed by atoms with van der Waals surface area (Å²) in [6, 6.07) is 4.23. The summed E-state index contributed by atoms with van der Waals surface area (Å²) in [6.45, 7) is 1.49. The van der Waals surface area contributed by atoms with Crippen molar-refractivity contribution in [2.45, 2.75) is 31.1 Å². The Kier molecular flexibility index (Phi) is 4.78. The molecule has 4 rings (SSSR count). The summed E-state index contributed by atoms with van der Waals surface area (Å²) < 4.78 is 68.9. The molecule has 2 heterocycles. The predicted octanol–water partition coefficient (Wildman–Crippen LogP) is 5.01. The molecule has 3 N–H and O–H groups in total. The maximum absolute atomic E-state index is 13.9. The molecule has 1 aliphatic rings. The van der Waals surface area contributed by atoms with Gasteiger partial charge in [0.1, 0.15) is 6.04 Å². The number of nitrogens with one attached hydrogen (secondary N) is 3. The Morgan fingerprint density at radius 2 is 1.90 bits per heavy atom. The second-order valence-electron chi connectivity index (χ2n) is 7.31.